The first-order chi connectivity index (χ1) is 9.20. The molecule has 2 aliphatic rings. The minimum Gasteiger partial charge on any atom is -0.274 e. The van der Waals surface area contributed by atoms with E-state index in [4.69, 9.17) is 5.26 Å². The van der Waals surface area contributed by atoms with Gasteiger partial charge in [0, 0.05) is 11.8 Å². The molecule has 0 atom stereocenters. The third-order valence-corrected chi connectivity index (χ3v) is 3.53. The van der Waals surface area contributed by atoms with E-state index >= 15 is 0 Å². The van der Waals surface area contributed by atoms with E-state index in [9.17, 15) is 9.59 Å². The molecule has 3 rings (SSSR count). The summed E-state index contributed by atoms with van der Waals surface area (Å²) in [5.74, 6) is -0.221. The number of rotatable bonds is 3. The van der Waals surface area contributed by atoms with Gasteiger partial charge in [0.2, 0.25) is 11.8 Å². The molecule has 0 unspecified atom stereocenters. The summed E-state index contributed by atoms with van der Waals surface area (Å²) in [6.07, 6.45) is 3.47. The second kappa shape index (κ2) is 4.51. The lowest BCUT2D eigenvalue weighted by Crippen LogP contribution is -2.39. The van der Waals surface area contributed by atoms with Gasteiger partial charge in [0.25, 0.3) is 0 Å². The van der Waals surface area contributed by atoms with E-state index in [2.05, 4.69) is 0 Å². The van der Waals surface area contributed by atoms with Crippen molar-refractivity contribution in [2.24, 2.45) is 11.8 Å². The van der Waals surface area contributed by atoms with Crippen LogP contribution in [0.4, 0.5) is 5.69 Å². The predicted molar refractivity (Wildman–Crippen MR) is 69.1 cm³/mol. The van der Waals surface area contributed by atoms with Crippen molar-refractivity contribution in [2.45, 2.75) is 25.7 Å². The molecule has 2 amide bonds. The monoisotopic (exact) mass is 254 g/mol. The molecule has 19 heavy (non-hydrogen) atoms. The molecule has 0 aliphatic heterocycles. The molecule has 2 aliphatic carbocycles. The number of nitrogens with zero attached hydrogens (tertiary/aromatic N) is 2. The van der Waals surface area contributed by atoms with Gasteiger partial charge >= 0.3 is 0 Å². The van der Waals surface area contributed by atoms with E-state index in [1.54, 1.807) is 24.3 Å². The summed E-state index contributed by atoms with van der Waals surface area (Å²) in [7, 11) is 0. The van der Waals surface area contributed by atoms with Gasteiger partial charge in [0.1, 0.15) is 0 Å². The summed E-state index contributed by atoms with van der Waals surface area (Å²) in [5, 5.41) is 8.93. The highest BCUT2D eigenvalue weighted by molar-refractivity contribution is 6.17. The molecule has 1 aromatic rings. The first kappa shape index (κ1) is 11.9. The van der Waals surface area contributed by atoms with Gasteiger partial charge < -0.3 is 0 Å². The Morgan fingerprint density at radius 2 is 1.68 bits per heavy atom. The zero-order valence-electron chi connectivity index (χ0n) is 10.5. The fourth-order valence-corrected chi connectivity index (χ4v) is 2.10. The Bertz CT molecular complexity index is 556. The highest BCUT2D eigenvalue weighted by Gasteiger charge is 2.42. The number of hydrogen-bond donors (Lipinski definition) is 0. The highest BCUT2D eigenvalue weighted by Crippen LogP contribution is 2.37. The van der Waals surface area contributed by atoms with Crippen molar-refractivity contribution in [1.82, 2.24) is 0 Å². The zero-order chi connectivity index (χ0) is 13.4. The average Bonchev–Trinajstić information content (AvgIpc) is 3.32. The van der Waals surface area contributed by atoms with Crippen molar-refractivity contribution in [3.63, 3.8) is 0 Å². The van der Waals surface area contributed by atoms with E-state index in [-0.39, 0.29) is 23.7 Å². The van der Waals surface area contributed by atoms with Crippen molar-refractivity contribution < 1.29 is 9.59 Å². The van der Waals surface area contributed by atoms with Gasteiger partial charge in [0.05, 0.1) is 17.3 Å². The van der Waals surface area contributed by atoms with E-state index < -0.39 is 0 Å². The van der Waals surface area contributed by atoms with Crippen molar-refractivity contribution in [2.75, 3.05) is 4.90 Å². The van der Waals surface area contributed by atoms with Crippen molar-refractivity contribution in [1.29, 1.82) is 5.26 Å². The topological polar surface area (TPSA) is 61.2 Å². The van der Waals surface area contributed by atoms with Crippen LogP contribution in [0.15, 0.2) is 24.3 Å². The Morgan fingerprint density at radius 3 is 2.16 bits per heavy atom. The number of benzene rings is 1. The van der Waals surface area contributed by atoms with Crippen LogP contribution in [0, 0.1) is 23.2 Å². The van der Waals surface area contributed by atoms with E-state index in [0.717, 1.165) is 25.7 Å². The Kier molecular flexibility index (Phi) is 2.83. The van der Waals surface area contributed by atoms with Gasteiger partial charge in [-0.2, -0.15) is 5.26 Å². The fourth-order valence-electron chi connectivity index (χ4n) is 2.10. The lowest BCUT2D eigenvalue weighted by atomic mass is 10.1. The standard InChI is InChI=1S/C15H14N2O2/c16-9-10-2-1-3-13(8-10)17(14(18)11-4-5-11)15(19)12-6-7-12/h1-3,8,11-12H,4-7H2. The van der Waals surface area contributed by atoms with Crippen molar-refractivity contribution in [3.05, 3.63) is 29.8 Å². The van der Waals surface area contributed by atoms with Crippen LogP contribution in [0.3, 0.4) is 0 Å². The summed E-state index contributed by atoms with van der Waals surface area (Å²) < 4.78 is 0. The summed E-state index contributed by atoms with van der Waals surface area (Å²) in [6, 6.07) is 8.76. The molecule has 0 heterocycles. The van der Waals surface area contributed by atoms with Gasteiger partial charge in [-0.15, -0.1) is 0 Å². The second-order valence-electron chi connectivity index (χ2n) is 5.22. The van der Waals surface area contributed by atoms with Gasteiger partial charge in [-0.3, -0.25) is 14.5 Å². The first-order valence-electron chi connectivity index (χ1n) is 6.58. The number of carbonyl (C=O) groups excluding carboxylic acids is 2. The average molecular weight is 254 g/mol. The Morgan fingerprint density at radius 1 is 1.11 bits per heavy atom. The molecule has 0 radical (unpaired) electrons. The van der Waals surface area contributed by atoms with Crippen LogP contribution in [-0.4, -0.2) is 11.8 Å². The molecule has 96 valence electrons. The highest BCUT2D eigenvalue weighted by atomic mass is 16.2. The van der Waals surface area contributed by atoms with Crippen LogP contribution in [0.5, 0.6) is 0 Å². The number of anilines is 1. The van der Waals surface area contributed by atoms with Crippen molar-refractivity contribution >= 4 is 17.5 Å². The molecule has 4 nitrogen and oxygen atoms in total. The third-order valence-electron chi connectivity index (χ3n) is 3.53. The van der Waals surface area contributed by atoms with E-state index in [1.807, 2.05) is 6.07 Å². The largest absolute Gasteiger partial charge is 0.274 e. The normalized spacial score (nSPS) is 17.6. The van der Waals surface area contributed by atoms with Crippen LogP contribution >= 0.6 is 0 Å². The van der Waals surface area contributed by atoms with Crippen LogP contribution in [0.2, 0.25) is 0 Å². The summed E-state index contributed by atoms with van der Waals surface area (Å²) in [4.78, 5) is 25.9. The zero-order valence-corrected chi connectivity index (χ0v) is 10.5. The van der Waals surface area contributed by atoms with Gasteiger partial charge in [0.15, 0.2) is 0 Å². The van der Waals surface area contributed by atoms with Gasteiger partial charge in [-0.05, 0) is 43.9 Å². The molecule has 0 N–H and O–H groups in total. The van der Waals surface area contributed by atoms with E-state index in [1.165, 1.54) is 4.90 Å². The SMILES string of the molecule is N#Cc1cccc(N(C(=O)C2CC2)C(=O)C2CC2)c1. The number of amides is 2. The number of nitriles is 1. The van der Waals surface area contributed by atoms with Crippen LogP contribution in [0.1, 0.15) is 31.2 Å². The molecule has 2 fully saturated rings. The lowest BCUT2D eigenvalue weighted by molar-refractivity contribution is -0.127. The molecule has 0 aromatic heterocycles. The van der Waals surface area contributed by atoms with Crippen molar-refractivity contribution in [3.8, 4) is 6.07 Å². The van der Waals surface area contributed by atoms with Crippen LogP contribution in [0.25, 0.3) is 0 Å². The van der Waals surface area contributed by atoms with Crippen LogP contribution in [-0.2, 0) is 9.59 Å². The Hall–Kier alpha value is -2.15. The maximum atomic E-state index is 12.3. The summed E-state index contributed by atoms with van der Waals surface area (Å²) in [6.45, 7) is 0. The molecule has 4 heteroatoms. The first-order valence-corrected chi connectivity index (χ1v) is 6.58. The smallest absolute Gasteiger partial charge is 0.236 e. The fraction of sp³-hybridized carbons (Fsp3) is 0.400. The molecule has 0 bridgehead atoms. The molecule has 0 spiro atoms. The van der Waals surface area contributed by atoms with Gasteiger partial charge in [-0.1, -0.05) is 6.07 Å². The van der Waals surface area contributed by atoms with Crippen LogP contribution < -0.4 is 4.90 Å². The summed E-state index contributed by atoms with van der Waals surface area (Å²) in [5.41, 5.74) is 1.00. The maximum absolute atomic E-state index is 12.3. The maximum Gasteiger partial charge on any atom is 0.236 e. The second-order valence-corrected chi connectivity index (χ2v) is 5.22. The lowest BCUT2D eigenvalue weighted by Gasteiger charge is -2.21. The Labute approximate surface area is 111 Å². The minimum absolute atomic E-state index is 0.00607. The number of hydrogen-bond acceptors (Lipinski definition) is 3. The molecular formula is C15H14N2O2. The molecule has 1 aromatic carbocycles. The number of imide groups is 1. The molecule has 2 saturated carbocycles. The summed E-state index contributed by atoms with van der Waals surface area (Å²) >= 11 is 0. The Balaban J connectivity index is 1.94. The van der Waals surface area contributed by atoms with E-state index in [0.29, 0.717) is 11.3 Å². The quantitative estimate of drug-likeness (QED) is 0.777. The molecule has 0 saturated heterocycles. The third kappa shape index (κ3) is 2.37. The number of carbonyl (C=O) groups is 2. The van der Waals surface area contributed by atoms with Gasteiger partial charge in [-0.25, -0.2) is 0 Å². The predicted octanol–water partition coefficient (Wildman–Crippen LogP) is 2.24. The minimum atomic E-state index is -0.105. The molecular weight excluding hydrogens is 240 g/mol.